The maximum atomic E-state index is 13.8. The molecule has 0 saturated heterocycles. The summed E-state index contributed by atoms with van der Waals surface area (Å²) >= 11 is 0. The van der Waals surface area contributed by atoms with Crippen molar-refractivity contribution in [2.45, 2.75) is 25.7 Å². The second-order valence-corrected chi connectivity index (χ2v) is 8.36. The molecule has 2 aromatic carbocycles. The lowest BCUT2D eigenvalue weighted by molar-refractivity contribution is -0.142. The fraction of sp³-hybridized carbons (Fsp3) is 0.148. The predicted molar refractivity (Wildman–Crippen MR) is 132 cm³/mol. The van der Waals surface area contributed by atoms with E-state index in [9.17, 15) is 14.0 Å². The highest BCUT2D eigenvalue weighted by molar-refractivity contribution is 5.89. The SMILES string of the molecule is O=C(NCc1ccco1)[C@@H](c1ccncc1)N(Cc1ccc(F)cc1)C(=O)Cn1nnc2ccccc21. The molecule has 5 aromatic rings. The molecule has 0 aliphatic heterocycles. The van der Waals surface area contributed by atoms with E-state index < -0.39 is 17.8 Å². The Balaban J connectivity index is 1.50. The summed E-state index contributed by atoms with van der Waals surface area (Å²) < 4.78 is 20.4. The number of nitrogens with zero attached hydrogens (tertiary/aromatic N) is 5. The average Bonchev–Trinajstić information content (AvgIpc) is 3.59. The summed E-state index contributed by atoms with van der Waals surface area (Å²) in [6, 6.07) is 19.0. The molecule has 5 rings (SSSR count). The molecule has 9 nitrogen and oxygen atoms in total. The van der Waals surface area contributed by atoms with Gasteiger partial charge < -0.3 is 14.6 Å². The first-order valence-electron chi connectivity index (χ1n) is 11.6. The van der Waals surface area contributed by atoms with Crippen molar-refractivity contribution in [2.75, 3.05) is 0 Å². The van der Waals surface area contributed by atoms with Crippen LogP contribution in [0.1, 0.15) is 22.9 Å². The molecule has 3 heterocycles. The van der Waals surface area contributed by atoms with Gasteiger partial charge in [-0.3, -0.25) is 14.6 Å². The molecule has 0 saturated carbocycles. The zero-order chi connectivity index (χ0) is 25.6. The van der Waals surface area contributed by atoms with Crippen molar-refractivity contribution in [2.24, 2.45) is 0 Å². The van der Waals surface area contributed by atoms with Crippen LogP contribution in [0.25, 0.3) is 11.0 Å². The van der Waals surface area contributed by atoms with Crippen LogP contribution in [0.3, 0.4) is 0 Å². The Morgan fingerprint density at radius 2 is 1.78 bits per heavy atom. The normalized spacial score (nSPS) is 11.8. The van der Waals surface area contributed by atoms with Crippen LogP contribution in [0, 0.1) is 5.82 Å². The fourth-order valence-corrected chi connectivity index (χ4v) is 4.07. The Hall–Kier alpha value is -4.86. The first kappa shape index (κ1) is 23.9. The van der Waals surface area contributed by atoms with E-state index in [-0.39, 0.29) is 25.5 Å². The first-order valence-corrected chi connectivity index (χ1v) is 11.6. The Kier molecular flexibility index (Phi) is 6.98. The minimum absolute atomic E-state index is 0.0624. The number of pyridine rings is 1. The Morgan fingerprint density at radius 3 is 2.54 bits per heavy atom. The van der Waals surface area contributed by atoms with E-state index in [0.717, 1.165) is 0 Å². The van der Waals surface area contributed by atoms with Crippen molar-refractivity contribution in [3.8, 4) is 0 Å². The topological polar surface area (TPSA) is 106 Å². The van der Waals surface area contributed by atoms with Gasteiger partial charge in [-0.05, 0) is 59.7 Å². The highest BCUT2D eigenvalue weighted by Crippen LogP contribution is 2.25. The number of carbonyl (C=O) groups is 2. The second-order valence-electron chi connectivity index (χ2n) is 8.36. The van der Waals surface area contributed by atoms with E-state index in [1.165, 1.54) is 28.0 Å². The third-order valence-corrected chi connectivity index (χ3v) is 5.89. The maximum absolute atomic E-state index is 13.8. The summed E-state index contributed by atoms with van der Waals surface area (Å²) in [5.41, 5.74) is 2.59. The molecule has 1 N–H and O–H groups in total. The molecule has 0 bridgehead atoms. The molecule has 186 valence electrons. The number of hydrogen-bond acceptors (Lipinski definition) is 6. The quantitative estimate of drug-likeness (QED) is 0.333. The van der Waals surface area contributed by atoms with Gasteiger partial charge in [0.05, 0.1) is 18.3 Å². The molecular formula is C27H23FN6O3. The van der Waals surface area contributed by atoms with Crippen molar-refractivity contribution < 1.29 is 18.4 Å². The summed E-state index contributed by atoms with van der Waals surface area (Å²) in [4.78, 5) is 32.9. The fourth-order valence-electron chi connectivity index (χ4n) is 4.07. The maximum Gasteiger partial charge on any atom is 0.247 e. The first-order chi connectivity index (χ1) is 18.1. The monoisotopic (exact) mass is 498 g/mol. The highest BCUT2D eigenvalue weighted by Gasteiger charge is 2.32. The average molecular weight is 499 g/mol. The van der Waals surface area contributed by atoms with Crippen molar-refractivity contribution in [1.82, 2.24) is 30.2 Å². The van der Waals surface area contributed by atoms with Gasteiger partial charge in [0.1, 0.15) is 29.7 Å². The summed E-state index contributed by atoms with van der Waals surface area (Å²) in [5.74, 6) is -0.582. The van der Waals surface area contributed by atoms with Gasteiger partial charge in [-0.1, -0.05) is 29.5 Å². The number of nitrogens with one attached hydrogen (secondary N) is 1. The zero-order valence-electron chi connectivity index (χ0n) is 19.7. The molecule has 37 heavy (non-hydrogen) atoms. The zero-order valence-corrected chi connectivity index (χ0v) is 19.7. The van der Waals surface area contributed by atoms with E-state index in [1.807, 2.05) is 18.2 Å². The standard InChI is InChI=1S/C27H23FN6O3/c28-21-9-7-19(8-10-21)17-33(25(35)18-34-24-6-2-1-5-23(24)31-32-34)26(20-11-13-29-14-12-20)27(36)30-16-22-4-3-15-37-22/h1-15,26H,16-18H2,(H,30,36)/t26-/m1/s1. The number of halogens is 1. The summed E-state index contributed by atoms with van der Waals surface area (Å²) in [5, 5.41) is 11.1. The number of carbonyl (C=O) groups excluding carboxylic acids is 2. The third-order valence-electron chi connectivity index (χ3n) is 5.89. The van der Waals surface area contributed by atoms with Crippen LogP contribution in [0.2, 0.25) is 0 Å². The van der Waals surface area contributed by atoms with E-state index >= 15 is 0 Å². The van der Waals surface area contributed by atoms with E-state index in [2.05, 4.69) is 20.6 Å². The smallest absolute Gasteiger partial charge is 0.247 e. The van der Waals surface area contributed by atoms with Crippen LogP contribution in [-0.4, -0.2) is 36.7 Å². The van der Waals surface area contributed by atoms with Gasteiger partial charge in [-0.25, -0.2) is 9.07 Å². The number of para-hydroxylation sites is 1. The molecule has 1 atom stereocenters. The van der Waals surface area contributed by atoms with Gasteiger partial charge in [-0.2, -0.15) is 0 Å². The van der Waals surface area contributed by atoms with Crippen LogP contribution in [-0.2, 0) is 29.2 Å². The Labute approximate surface area is 211 Å². The van der Waals surface area contributed by atoms with Crippen LogP contribution >= 0.6 is 0 Å². The van der Waals surface area contributed by atoms with Crippen molar-refractivity contribution in [3.63, 3.8) is 0 Å². The Morgan fingerprint density at radius 1 is 1.00 bits per heavy atom. The molecule has 0 aliphatic rings. The number of rotatable bonds is 9. The number of benzene rings is 2. The minimum atomic E-state index is -0.995. The lowest BCUT2D eigenvalue weighted by atomic mass is 10.0. The van der Waals surface area contributed by atoms with Crippen molar-refractivity contribution in [3.05, 3.63) is 114 Å². The lowest BCUT2D eigenvalue weighted by Gasteiger charge is -2.31. The number of aromatic nitrogens is 4. The molecule has 2 amide bonds. The molecular weight excluding hydrogens is 475 g/mol. The number of furan rings is 1. The van der Waals surface area contributed by atoms with Gasteiger partial charge in [0, 0.05) is 18.9 Å². The third kappa shape index (κ3) is 5.53. The molecule has 0 unspecified atom stereocenters. The number of amides is 2. The lowest BCUT2D eigenvalue weighted by Crippen LogP contribution is -2.44. The molecule has 0 aliphatic carbocycles. The van der Waals surface area contributed by atoms with Crippen molar-refractivity contribution >= 4 is 22.8 Å². The Bertz CT molecular complexity index is 1490. The van der Waals surface area contributed by atoms with Gasteiger partial charge in [-0.15, -0.1) is 5.10 Å². The summed E-state index contributed by atoms with van der Waals surface area (Å²) in [7, 11) is 0. The highest BCUT2D eigenvalue weighted by atomic mass is 19.1. The van der Waals surface area contributed by atoms with Crippen molar-refractivity contribution in [1.29, 1.82) is 0 Å². The van der Waals surface area contributed by atoms with Crippen LogP contribution < -0.4 is 5.32 Å². The van der Waals surface area contributed by atoms with Gasteiger partial charge >= 0.3 is 0 Å². The largest absolute Gasteiger partial charge is 0.467 e. The molecule has 10 heteroatoms. The molecule has 3 aromatic heterocycles. The van der Waals surface area contributed by atoms with E-state index in [0.29, 0.717) is 27.9 Å². The minimum Gasteiger partial charge on any atom is -0.467 e. The van der Waals surface area contributed by atoms with Gasteiger partial charge in [0.2, 0.25) is 11.8 Å². The second kappa shape index (κ2) is 10.8. The molecule has 0 radical (unpaired) electrons. The van der Waals surface area contributed by atoms with Crippen LogP contribution in [0.15, 0.2) is 95.9 Å². The number of hydrogen-bond donors (Lipinski definition) is 1. The summed E-state index contributed by atoms with van der Waals surface area (Å²) in [6.07, 6.45) is 4.65. The molecule has 0 fully saturated rings. The van der Waals surface area contributed by atoms with E-state index in [4.69, 9.17) is 4.42 Å². The van der Waals surface area contributed by atoms with Gasteiger partial charge in [0.25, 0.3) is 0 Å². The summed E-state index contributed by atoms with van der Waals surface area (Å²) in [6.45, 7) is 0.0708. The van der Waals surface area contributed by atoms with Crippen LogP contribution in [0.4, 0.5) is 4.39 Å². The number of fused-ring (bicyclic) bond motifs is 1. The molecule has 0 spiro atoms. The van der Waals surface area contributed by atoms with E-state index in [1.54, 1.807) is 54.9 Å². The van der Waals surface area contributed by atoms with Crippen LogP contribution in [0.5, 0.6) is 0 Å². The predicted octanol–water partition coefficient (Wildman–Crippen LogP) is 3.64. The van der Waals surface area contributed by atoms with Gasteiger partial charge in [0.15, 0.2) is 0 Å².